The van der Waals surface area contributed by atoms with Crippen LogP contribution in [0.4, 0.5) is 0 Å². The van der Waals surface area contributed by atoms with E-state index in [1.165, 1.54) is 18.4 Å². The van der Waals surface area contributed by atoms with Crippen molar-refractivity contribution in [3.8, 4) is 0 Å². The van der Waals surface area contributed by atoms with Crippen molar-refractivity contribution >= 4 is 5.91 Å². The Kier molecular flexibility index (Phi) is 5.57. The number of amides is 1. The van der Waals surface area contributed by atoms with E-state index in [2.05, 4.69) is 11.4 Å². The van der Waals surface area contributed by atoms with Crippen molar-refractivity contribution in [2.24, 2.45) is 0 Å². The van der Waals surface area contributed by atoms with Gasteiger partial charge in [-0.2, -0.15) is 0 Å². The molecule has 2 aliphatic rings. The molecule has 132 valence electrons. The Morgan fingerprint density at radius 3 is 2.71 bits per heavy atom. The zero-order chi connectivity index (χ0) is 17.0. The monoisotopic (exact) mass is 330 g/mol. The van der Waals surface area contributed by atoms with E-state index < -0.39 is 5.60 Å². The molecule has 0 spiro atoms. The van der Waals surface area contributed by atoms with Crippen molar-refractivity contribution in [3.63, 3.8) is 0 Å². The van der Waals surface area contributed by atoms with E-state index in [9.17, 15) is 9.90 Å². The molecule has 4 heteroatoms. The van der Waals surface area contributed by atoms with E-state index in [0.29, 0.717) is 13.0 Å². The highest BCUT2D eigenvalue weighted by Gasteiger charge is 2.36. The van der Waals surface area contributed by atoms with Crippen LogP contribution >= 0.6 is 0 Å². The Hall–Kier alpha value is -1.39. The fraction of sp³-hybridized carbons (Fsp3) is 0.650. The molecule has 0 aromatic heterocycles. The summed E-state index contributed by atoms with van der Waals surface area (Å²) in [6.45, 7) is 4.37. The third kappa shape index (κ3) is 3.98. The maximum Gasteiger partial charge on any atom is 0.224 e. The largest absolute Gasteiger partial charge is 0.384 e. The number of likely N-dealkylation sites (tertiary alicyclic amines) is 1. The third-order valence-electron chi connectivity index (χ3n) is 5.51. The third-order valence-corrected chi connectivity index (χ3v) is 5.51. The first-order chi connectivity index (χ1) is 11.6. The van der Waals surface area contributed by atoms with Gasteiger partial charge in [0, 0.05) is 32.1 Å². The summed E-state index contributed by atoms with van der Waals surface area (Å²) >= 11 is 0. The van der Waals surface area contributed by atoms with Crippen molar-refractivity contribution in [1.82, 2.24) is 10.2 Å². The van der Waals surface area contributed by atoms with Crippen molar-refractivity contribution in [2.75, 3.05) is 19.6 Å². The molecule has 24 heavy (non-hydrogen) atoms. The van der Waals surface area contributed by atoms with Crippen molar-refractivity contribution < 1.29 is 9.90 Å². The summed E-state index contributed by atoms with van der Waals surface area (Å²) in [5, 5.41) is 14.3. The molecule has 0 saturated carbocycles. The first-order valence-electron chi connectivity index (χ1n) is 9.40. The van der Waals surface area contributed by atoms with E-state index in [-0.39, 0.29) is 11.9 Å². The lowest BCUT2D eigenvalue weighted by Gasteiger charge is -2.28. The Morgan fingerprint density at radius 2 is 1.96 bits per heavy atom. The topological polar surface area (TPSA) is 52.6 Å². The second-order valence-corrected chi connectivity index (χ2v) is 7.47. The minimum absolute atomic E-state index is 0.0811. The Labute approximate surface area is 145 Å². The van der Waals surface area contributed by atoms with Gasteiger partial charge in [0.05, 0.1) is 0 Å². The molecule has 1 aromatic rings. The normalized spacial score (nSPS) is 25.2. The van der Waals surface area contributed by atoms with Crippen LogP contribution in [0.5, 0.6) is 0 Å². The molecule has 1 fully saturated rings. The quantitative estimate of drug-likeness (QED) is 0.872. The summed E-state index contributed by atoms with van der Waals surface area (Å²) < 4.78 is 0. The molecule has 0 radical (unpaired) electrons. The van der Waals surface area contributed by atoms with Crippen molar-refractivity contribution in [3.05, 3.63) is 35.4 Å². The summed E-state index contributed by atoms with van der Waals surface area (Å²) in [4.78, 5) is 14.5. The van der Waals surface area contributed by atoms with E-state index >= 15 is 0 Å². The van der Waals surface area contributed by atoms with Gasteiger partial charge < -0.3 is 15.3 Å². The van der Waals surface area contributed by atoms with Gasteiger partial charge in [-0.15, -0.1) is 0 Å². The lowest BCUT2D eigenvalue weighted by atomic mass is 9.95. The van der Waals surface area contributed by atoms with E-state index in [1.54, 1.807) is 0 Å². The summed E-state index contributed by atoms with van der Waals surface area (Å²) in [7, 11) is 0. The highest BCUT2D eigenvalue weighted by atomic mass is 16.3. The van der Waals surface area contributed by atoms with E-state index in [1.807, 2.05) is 30.0 Å². The van der Waals surface area contributed by atoms with Crippen LogP contribution in [0.25, 0.3) is 0 Å². The number of benzene rings is 1. The molecule has 1 heterocycles. The van der Waals surface area contributed by atoms with Crippen LogP contribution in [0.1, 0.15) is 56.6 Å². The van der Waals surface area contributed by atoms with Crippen molar-refractivity contribution in [1.29, 1.82) is 0 Å². The number of hydrogen-bond donors (Lipinski definition) is 2. The number of carbonyl (C=O) groups excluding carboxylic acids is 1. The average molecular weight is 330 g/mol. The fourth-order valence-corrected chi connectivity index (χ4v) is 3.98. The molecule has 2 unspecified atom stereocenters. The van der Waals surface area contributed by atoms with Gasteiger partial charge in [0.2, 0.25) is 5.91 Å². The fourth-order valence-electron chi connectivity index (χ4n) is 3.98. The smallest absolute Gasteiger partial charge is 0.224 e. The molecule has 2 atom stereocenters. The highest BCUT2D eigenvalue weighted by Crippen LogP contribution is 2.36. The Morgan fingerprint density at radius 1 is 1.25 bits per heavy atom. The molecule has 1 aliphatic carbocycles. The van der Waals surface area contributed by atoms with Crippen LogP contribution in [0.15, 0.2) is 24.3 Å². The number of rotatable bonds is 5. The van der Waals surface area contributed by atoms with Gasteiger partial charge in [-0.25, -0.2) is 0 Å². The van der Waals surface area contributed by atoms with Gasteiger partial charge >= 0.3 is 0 Å². The van der Waals surface area contributed by atoms with Crippen molar-refractivity contribution in [2.45, 2.75) is 63.5 Å². The predicted octanol–water partition coefficient (Wildman–Crippen LogP) is 2.59. The first kappa shape index (κ1) is 17.4. The number of aliphatic hydroxyl groups is 1. The number of carbonyl (C=O) groups is 1. The molecule has 4 nitrogen and oxygen atoms in total. The molecule has 1 aliphatic heterocycles. The molecule has 3 rings (SSSR count). The minimum Gasteiger partial charge on any atom is -0.384 e. The number of fused-ring (bicyclic) bond motifs is 1. The standard InChI is InChI=1S/C20H30N2O2/c1-16(14-19(23)22-12-6-2-3-7-13-22)21-15-20(24)11-10-17-8-4-5-9-18(17)20/h4-5,8-9,16,21,24H,2-3,6-7,10-15H2,1H3. The second kappa shape index (κ2) is 7.66. The molecule has 1 aromatic carbocycles. The van der Waals surface area contributed by atoms with E-state index in [4.69, 9.17) is 0 Å². The first-order valence-corrected chi connectivity index (χ1v) is 9.40. The van der Waals surface area contributed by atoms with E-state index in [0.717, 1.165) is 44.3 Å². The molecule has 1 amide bonds. The maximum absolute atomic E-state index is 12.5. The second-order valence-electron chi connectivity index (χ2n) is 7.47. The van der Waals surface area contributed by atoms with Crippen LogP contribution < -0.4 is 5.32 Å². The minimum atomic E-state index is -0.795. The Bertz CT molecular complexity index is 567. The van der Waals surface area contributed by atoms with Gasteiger partial charge in [0.15, 0.2) is 0 Å². The van der Waals surface area contributed by atoms with Crippen LogP contribution in [-0.2, 0) is 16.8 Å². The Balaban J connectivity index is 1.50. The number of nitrogens with one attached hydrogen (secondary N) is 1. The average Bonchev–Trinajstić information content (AvgIpc) is 2.78. The maximum atomic E-state index is 12.5. The zero-order valence-electron chi connectivity index (χ0n) is 14.8. The van der Waals surface area contributed by atoms with Gasteiger partial charge in [0.25, 0.3) is 0 Å². The van der Waals surface area contributed by atoms with Gasteiger partial charge in [-0.1, -0.05) is 37.1 Å². The number of hydrogen-bond acceptors (Lipinski definition) is 3. The van der Waals surface area contributed by atoms with Crippen LogP contribution in [-0.4, -0.2) is 41.6 Å². The van der Waals surface area contributed by atoms with Crippen LogP contribution in [0, 0.1) is 0 Å². The SMILES string of the molecule is CC(CC(=O)N1CCCCCC1)NCC1(O)CCc2ccccc21. The molecule has 1 saturated heterocycles. The zero-order valence-corrected chi connectivity index (χ0v) is 14.8. The summed E-state index contributed by atoms with van der Waals surface area (Å²) in [5.41, 5.74) is 1.50. The molecular weight excluding hydrogens is 300 g/mol. The predicted molar refractivity (Wildman–Crippen MR) is 95.8 cm³/mol. The number of aryl methyl sites for hydroxylation is 1. The molecular formula is C20H30N2O2. The summed E-state index contributed by atoms with van der Waals surface area (Å²) in [6.07, 6.45) is 6.93. The number of nitrogens with zero attached hydrogens (tertiary/aromatic N) is 1. The molecule has 0 bridgehead atoms. The molecule has 2 N–H and O–H groups in total. The van der Waals surface area contributed by atoms with Crippen LogP contribution in [0.3, 0.4) is 0 Å². The lowest BCUT2D eigenvalue weighted by Crippen LogP contribution is -2.43. The lowest BCUT2D eigenvalue weighted by molar-refractivity contribution is -0.131. The summed E-state index contributed by atoms with van der Waals surface area (Å²) in [6, 6.07) is 8.22. The highest BCUT2D eigenvalue weighted by molar-refractivity contribution is 5.76. The summed E-state index contributed by atoms with van der Waals surface area (Å²) in [5.74, 6) is 0.246. The van der Waals surface area contributed by atoms with Crippen LogP contribution in [0.2, 0.25) is 0 Å². The van der Waals surface area contributed by atoms with Gasteiger partial charge in [0.1, 0.15) is 5.60 Å². The van der Waals surface area contributed by atoms with Gasteiger partial charge in [-0.3, -0.25) is 4.79 Å². The van der Waals surface area contributed by atoms with Gasteiger partial charge in [-0.05, 0) is 43.7 Å².